The van der Waals surface area contributed by atoms with Gasteiger partial charge in [-0.3, -0.25) is 14.5 Å². The summed E-state index contributed by atoms with van der Waals surface area (Å²) in [5.41, 5.74) is 0.281. The zero-order chi connectivity index (χ0) is 16.4. The van der Waals surface area contributed by atoms with Gasteiger partial charge in [0, 0.05) is 0 Å². The van der Waals surface area contributed by atoms with Gasteiger partial charge < -0.3 is 4.74 Å². The van der Waals surface area contributed by atoms with Gasteiger partial charge >= 0.3 is 6.36 Å². The summed E-state index contributed by atoms with van der Waals surface area (Å²) in [6, 6.07) is 4.80. The Balaban J connectivity index is 1.59. The maximum atomic E-state index is 12.6. The number of allylic oxidation sites excluding steroid dienone is 2. The molecule has 23 heavy (non-hydrogen) atoms. The van der Waals surface area contributed by atoms with Crippen molar-refractivity contribution in [1.29, 1.82) is 0 Å². The number of carbonyl (C=O) groups is 2. The third-order valence-corrected chi connectivity index (χ3v) is 4.80. The zero-order valence-electron chi connectivity index (χ0n) is 11.8. The number of amides is 2. The molecule has 2 bridgehead atoms. The van der Waals surface area contributed by atoms with Gasteiger partial charge in [-0.05, 0) is 42.5 Å². The number of hydrogen-bond donors (Lipinski definition) is 0. The highest BCUT2D eigenvalue weighted by Crippen LogP contribution is 2.53. The number of anilines is 1. The van der Waals surface area contributed by atoms with Crippen LogP contribution in [-0.2, 0) is 9.59 Å². The van der Waals surface area contributed by atoms with Gasteiger partial charge in [-0.25, -0.2) is 0 Å². The van der Waals surface area contributed by atoms with E-state index in [2.05, 4.69) is 4.74 Å². The third kappa shape index (κ3) is 2.14. The number of nitrogens with zero attached hydrogens (tertiary/aromatic N) is 1. The van der Waals surface area contributed by atoms with Crippen LogP contribution in [0.5, 0.6) is 5.75 Å². The minimum absolute atomic E-state index is 0.0966. The second-order valence-corrected chi connectivity index (χ2v) is 6.05. The van der Waals surface area contributed by atoms with Gasteiger partial charge in [-0.2, -0.15) is 0 Å². The Hall–Kier alpha value is -2.31. The lowest BCUT2D eigenvalue weighted by Crippen LogP contribution is -2.32. The monoisotopic (exact) mass is 323 g/mol. The lowest BCUT2D eigenvalue weighted by Gasteiger charge is -2.18. The predicted octanol–water partition coefficient (Wildman–Crippen LogP) is 2.90. The van der Waals surface area contributed by atoms with Crippen LogP contribution < -0.4 is 9.64 Å². The van der Waals surface area contributed by atoms with Crippen LogP contribution in [-0.4, -0.2) is 18.2 Å². The molecule has 1 aliphatic heterocycles. The third-order valence-electron chi connectivity index (χ3n) is 4.80. The highest BCUT2D eigenvalue weighted by molar-refractivity contribution is 6.22. The van der Waals surface area contributed by atoms with Crippen molar-refractivity contribution < 1.29 is 27.5 Å². The number of imide groups is 1. The first kappa shape index (κ1) is 14.3. The van der Waals surface area contributed by atoms with Crippen molar-refractivity contribution in [1.82, 2.24) is 0 Å². The Morgan fingerprint density at radius 1 is 0.957 bits per heavy atom. The molecule has 0 aromatic heterocycles. The van der Waals surface area contributed by atoms with E-state index in [4.69, 9.17) is 0 Å². The Morgan fingerprint density at radius 2 is 1.48 bits per heavy atom. The Bertz CT molecular complexity index is 680. The Morgan fingerprint density at radius 3 is 1.96 bits per heavy atom. The second kappa shape index (κ2) is 4.59. The summed E-state index contributed by atoms with van der Waals surface area (Å²) in [7, 11) is 0. The molecular weight excluding hydrogens is 311 g/mol. The molecule has 1 saturated heterocycles. The molecule has 0 radical (unpaired) electrons. The van der Waals surface area contributed by atoms with E-state index >= 15 is 0 Å². The number of halogens is 3. The van der Waals surface area contributed by atoms with E-state index < -0.39 is 6.36 Å². The molecule has 0 unspecified atom stereocenters. The Kier molecular flexibility index (Phi) is 2.86. The average molecular weight is 323 g/mol. The first-order valence-electron chi connectivity index (χ1n) is 7.27. The van der Waals surface area contributed by atoms with Crippen molar-refractivity contribution >= 4 is 17.5 Å². The van der Waals surface area contributed by atoms with E-state index in [0.29, 0.717) is 0 Å². The highest BCUT2D eigenvalue weighted by atomic mass is 19.4. The Labute approximate surface area is 129 Å². The fourth-order valence-electron chi connectivity index (χ4n) is 3.95. The SMILES string of the molecule is O=C1[C@@H]2[C@@H](C(=O)N1c1ccc(OC(F)(F)F)cc1)[C@H]1C=C[C@@H]2C1. The van der Waals surface area contributed by atoms with Gasteiger partial charge in [0.1, 0.15) is 5.75 Å². The topological polar surface area (TPSA) is 46.6 Å². The molecule has 2 fully saturated rings. The van der Waals surface area contributed by atoms with Crippen molar-refractivity contribution in [2.75, 3.05) is 4.90 Å². The van der Waals surface area contributed by atoms with Crippen molar-refractivity contribution in [3.8, 4) is 5.75 Å². The molecular formula is C16H12F3NO3. The van der Waals surface area contributed by atoms with Gasteiger partial charge in [-0.1, -0.05) is 12.2 Å². The molecule has 4 atom stereocenters. The van der Waals surface area contributed by atoms with Crippen LogP contribution in [0, 0.1) is 23.7 Å². The van der Waals surface area contributed by atoms with Crippen molar-refractivity contribution in [3.63, 3.8) is 0 Å². The second-order valence-electron chi connectivity index (χ2n) is 6.05. The van der Waals surface area contributed by atoms with E-state index in [9.17, 15) is 22.8 Å². The van der Waals surface area contributed by atoms with Crippen LogP contribution in [0.4, 0.5) is 18.9 Å². The van der Waals surface area contributed by atoms with E-state index in [0.717, 1.165) is 23.5 Å². The molecule has 2 amide bonds. The van der Waals surface area contributed by atoms with Crippen molar-refractivity contribution in [2.24, 2.45) is 23.7 Å². The smallest absolute Gasteiger partial charge is 0.406 e. The van der Waals surface area contributed by atoms with Crippen LogP contribution in [0.1, 0.15) is 6.42 Å². The molecule has 120 valence electrons. The van der Waals surface area contributed by atoms with Crippen LogP contribution in [0.15, 0.2) is 36.4 Å². The summed E-state index contributed by atoms with van der Waals surface area (Å²) in [4.78, 5) is 26.2. The summed E-state index contributed by atoms with van der Waals surface area (Å²) in [5.74, 6) is -1.38. The minimum Gasteiger partial charge on any atom is -0.406 e. The van der Waals surface area contributed by atoms with Gasteiger partial charge in [0.05, 0.1) is 17.5 Å². The first-order valence-corrected chi connectivity index (χ1v) is 7.27. The van der Waals surface area contributed by atoms with Gasteiger partial charge in [-0.15, -0.1) is 13.2 Å². The van der Waals surface area contributed by atoms with Gasteiger partial charge in [0.25, 0.3) is 0 Å². The summed E-state index contributed by atoms with van der Waals surface area (Å²) in [6.07, 6.45) is 0.0310. The summed E-state index contributed by atoms with van der Waals surface area (Å²) in [5, 5.41) is 0. The van der Waals surface area contributed by atoms with E-state index in [1.807, 2.05) is 12.2 Å². The quantitative estimate of drug-likeness (QED) is 0.621. The van der Waals surface area contributed by atoms with E-state index in [1.54, 1.807) is 0 Å². The highest BCUT2D eigenvalue weighted by Gasteiger charge is 2.59. The number of alkyl halides is 3. The number of rotatable bonds is 2. The van der Waals surface area contributed by atoms with Crippen molar-refractivity contribution in [2.45, 2.75) is 12.8 Å². The molecule has 0 spiro atoms. The summed E-state index contributed by atoms with van der Waals surface area (Å²) < 4.78 is 40.3. The first-order chi connectivity index (χ1) is 10.8. The maximum absolute atomic E-state index is 12.6. The number of hydrogen-bond acceptors (Lipinski definition) is 3. The van der Waals surface area contributed by atoms with E-state index in [1.165, 1.54) is 12.1 Å². The van der Waals surface area contributed by atoms with Crippen LogP contribution in [0.25, 0.3) is 0 Å². The predicted molar refractivity (Wildman–Crippen MR) is 73.3 cm³/mol. The lowest BCUT2D eigenvalue weighted by atomic mass is 9.85. The fraction of sp³-hybridized carbons (Fsp3) is 0.375. The molecule has 4 nitrogen and oxygen atoms in total. The van der Waals surface area contributed by atoms with Gasteiger partial charge in [0.15, 0.2) is 0 Å². The molecule has 1 aromatic carbocycles. The minimum atomic E-state index is -4.78. The van der Waals surface area contributed by atoms with Crippen LogP contribution in [0.3, 0.4) is 0 Å². The zero-order valence-corrected chi connectivity index (χ0v) is 11.8. The molecule has 0 N–H and O–H groups in total. The molecule has 7 heteroatoms. The van der Waals surface area contributed by atoms with Crippen molar-refractivity contribution in [3.05, 3.63) is 36.4 Å². The standard InChI is InChI=1S/C16H12F3NO3/c17-16(18,19)23-11-5-3-10(4-6-11)20-14(21)12-8-1-2-9(7-8)13(12)15(20)22/h1-6,8-9,12-13H,7H2/t8-,9+,12-,13-/m0/s1. The van der Waals surface area contributed by atoms with Crippen LogP contribution in [0.2, 0.25) is 0 Å². The summed E-state index contributed by atoms with van der Waals surface area (Å²) >= 11 is 0. The average Bonchev–Trinajstić information content (AvgIpc) is 3.13. The maximum Gasteiger partial charge on any atom is 0.573 e. The molecule has 4 rings (SSSR count). The number of ether oxygens (including phenoxy) is 1. The van der Waals surface area contributed by atoms with Gasteiger partial charge in [0.2, 0.25) is 11.8 Å². The number of carbonyl (C=O) groups excluding carboxylic acids is 2. The summed E-state index contributed by atoms with van der Waals surface area (Å²) in [6.45, 7) is 0. The number of fused-ring (bicyclic) bond motifs is 5. The molecule has 1 saturated carbocycles. The largest absolute Gasteiger partial charge is 0.573 e. The molecule has 2 aliphatic carbocycles. The van der Waals surface area contributed by atoms with E-state index in [-0.39, 0.29) is 46.9 Å². The molecule has 3 aliphatic rings. The molecule has 1 aromatic rings. The lowest BCUT2D eigenvalue weighted by molar-refractivity contribution is -0.274. The van der Waals surface area contributed by atoms with Crippen LogP contribution >= 0.6 is 0 Å². The molecule has 1 heterocycles. The number of benzene rings is 1. The fourth-order valence-corrected chi connectivity index (χ4v) is 3.95. The normalized spacial score (nSPS) is 31.9.